The number of fused-ring (bicyclic) bond motifs is 2. The normalized spacial score (nSPS) is 22.5. The van der Waals surface area contributed by atoms with Gasteiger partial charge in [-0.3, -0.25) is 19.7 Å². The number of benzene rings is 2. The molecule has 1 aliphatic carbocycles. The molecule has 5 heteroatoms. The fourth-order valence-electron chi connectivity index (χ4n) is 5.73. The maximum Gasteiger partial charge on any atom is 0.226 e. The minimum atomic E-state index is 0.239. The summed E-state index contributed by atoms with van der Waals surface area (Å²) >= 11 is 0. The van der Waals surface area contributed by atoms with E-state index in [2.05, 4.69) is 56.2 Å². The average Bonchev–Trinajstić information content (AvgIpc) is 3.53. The van der Waals surface area contributed by atoms with E-state index in [1.165, 1.54) is 16.7 Å². The van der Waals surface area contributed by atoms with Gasteiger partial charge in [0.2, 0.25) is 5.91 Å². The fraction of sp³-hybridized carbons (Fsp3) is 0.423. The van der Waals surface area contributed by atoms with Gasteiger partial charge in [0.15, 0.2) is 0 Å². The standard InChI is InChI=1S/C26H28N4O/c31-25(30-13-8-19-4-1-2-5-20(19)18-30)22-16-26(22)9-14-29(15-10-26)17-21-6-3-7-23-24(21)28-12-11-27-23/h1-7,11-12,22H,8-10,13-18H2. The highest BCUT2D eigenvalue weighted by molar-refractivity contribution is 5.83. The van der Waals surface area contributed by atoms with Crippen molar-refractivity contribution in [2.75, 3.05) is 19.6 Å². The number of rotatable bonds is 3. The van der Waals surface area contributed by atoms with Crippen LogP contribution in [0.15, 0.2) is 54.9 Å². The number of carbonyl (C=O) groups excluding carboxylic acids is 1. The molecule has 158 valence electrons. The molecule has 0 radical (unpaired) electrons. The van der Waals surface area contributed by atoms with Crippen LogP contribution >= 0.6 is 0 Å². The molecule has 3 aromatic rings. The van der Waals surface area contributed by atoms with Gasteiger partial charge in [-0.25, -0.2) is 0 Å². The Hall–Kier alpha value is -2.79. The zero-order chi connectivity index (χ0) is 20.8. The first kappa shape index (κ1) is 18.9. The molecule has 1 amide bonds. The molecule has 2 aliphatic heterocycles. The van der Waals surface area contributed by atoms with Crippen molar-refractivity contribution < 1.29 is 4.79 Å². The fourth-order valence-corrected chi connectivity index (χ4v) is 5.73. The van der Waals surface area contributed by atoms with Crippen molar-refractivity contribution >= 4 is 16.9 Å². The number of aromatic nitrogens is 2. The Balaban J connectivity index is 1.08. The van der Waals surface area contributed by atoms with Crippen molar-refractivity contribution in [3.63, 3.8) is 0 Å². The Labute approximate surface area is 183 Å². The van der Waals surface area contributed by atoms with Crippen molar-refractivity contribution in [1.29, 1.82) is 0 Å². The van der Waals surface area contributed by atoms with E-state index in [0.717, 1.165) is 69.4 Å². The number of nitrogens with zero attached hydrogens (tertiary/aromatic N) is 4. The highest BCUT2D eigenvalue weighted by atomic mass is 16.2. The van der Waals surface area contributed by atoms with Gasteiger partial charge >= 0.3 is 0 Å². The molecular weight excluding hydrogens is 384 g/mol. The molecule has 3 aliphatic rings. The number of para-hydroxylation sites is 1. The molecule has 1 saturated carbocycles. The molecule has 1 spiro atoms. The zero-order valence-corrected chi connectivity index (χ0v) is 17.8. The second-order valence-electron chi connectivity index (χ2n) is 9.51. The number of piperidine rings is 1. The van der Waals surface area contributed by atoms with Gasteiger partial charge in [-0.15, -0.1) is 0 Å². The van der Waals surface area contributed by atoms with Crippen LogP contribution in [-0.2, 0) is 24.3 Å². The molecular formula is C26H28N4O. The van der Waals surface area contributed by atoms with Gasteiger partial charge in [0.25, 0.3) is 0 Å². The van der Waals surface area contributed by atoms with Gasteiger partial charge in [-0.05, 0) is 66.9 Å². The molecule has 6 rings (SSSR count). The SMILES string of the molecule is O=C(C1CC12CCN(Cc1cccc3nccnc13)CC2)N1CCc2ccccc2C1. The van der Waals surface area contributed by atoms with Gasteiger partial charge in [0.1, 0.15) is 0 Å². The topological polar surface area (TPSA) is 49.3 Å². The molecule has 0 bridgehead atoms. The van der Waals surface area contributed by atoms with Crippen LogP contribution in [0.4, 0.5) is 0 Å². The van der Waals surface area contributed by atoms with Gasteiger partial charge in [0.05, 0.1) is 11.0 Å². The van der Waals surface area contributed by atoms with Crippen LogP contribution in [0.2, 0.25) is 0 Å². The zero-order valence-electron chi connectivity index (χ0n) is 17.8. The Kier molecular flexibility index (Phi) is 4.53. The number of amides is 1. The summed E-state index contributed by atoms with van der Waals surface area (Å²) in [5.41, 5.74) is 6.20. The molecule has 31 heavy (non-hydrogen) atoms. The number of hydrogen-bond donors (Lipinski definition) is 0. The summed E-state index contributed by atoms with van der Waals surface area (Å²) in [5, 5.41) is 0. The molecule has 1 aromatic heterocycles. The molecule has 3 heterocycles. The van der Waals surface area contributed by atoms with Gasteiger partial charge < -0.3 is 4.90 Å². The average molecular weight is 413 g/mol. The lowest BCUT2D eigenvalue weighted by Crippen LogP contribution is -2.40. The van der Waals surface area contributed by atoms with E-state index in [1.807, 2.05) is 6.07 Å². The highest BCUT2D eigenvalue weighted by Crippen LogP contribution is 2.60. The van der Waals surface area contributed by atoms with Crippen molar-refractivity contribution in [2.45, 2.75) is 38.8 Å². The maximum absolute atomic E-state index is 13.3. The van der Waals surface area contributed by atoms with Gasteiger partial charge in [0, 0.05) is 37.9 Å². The van der Waals surface area contributed by atoms with E-state index in [0.29, 0.717) is 5.91 Å². The van der Waals surface area contributed by atoms with E-state index in [1.54, 1.807) is 12.4 Å². The van der Waals surface area contributed by atoms with Crippen molar-refractivity contribution in [3.05, 3.63) is 71.5 Å². The van der Waals surface area contributed by atoms with E-state index >= 15 is 0 Å². The molecule has 0 N–H and O–H groups in total. The summed E-state index contributed by atoms with van der Waals surface area (Å²) in [6.45, 7) is 4.69. The first-order valence-electron chi connectivity index (χ1n) is 11.5. The first-order valence-corrected chi connectivity index (χ1v) is 11.5. The lowest BCUT2D eigenvalue weighted by Gasteiger charge is -2.34. The Morgan fingerprint density at radius 3 is 2.65 bits per heavy atom. The third kappa shape index (κ3) is 3.41. The van der Waals surface area contributed by atoms with E-state index in [4.69, 9.17) is 0 Å². The van der Waals surface area contributed by atoms with Gasteiger partial charge in [-0.1, -0.05) is 36.4 Å². The number of likely N-dealkylation sites (tertiary alicyclic amines) is 1. The summed E-state index contributed by atoms with van der Waals surface area (Å²) in [6, 6.07) is 14.8. The molecule has 1 unspecified atom stereocenters. The Morgan fingerprint density at radius 2 is 1.77 bits per heavy atom. The predicted octanol–water partition coefficient (Wildman–Crippen LogP) is 3.82. The predicted molar refractivity (Wildman–Crippen MR) is 120 cm³/mol. The van der Waals surface area contributed by atoms with E-state index in [-0.39, 0.29) is 11.3 Å². The van der Waals surface area contributed by atoms with E-state index in [9.17, 15) is 4.79 Å². The number of carbonyl (C=O) groups is 1. The quantitative estimate of drug-likeness (QED) is 0.656. The lowest BCUT2D eigenvalue weighted by molar-refractivity contribution is -0.134. The Bertz CT molecular complexity index is 1130. The molecule has 1 saturated heterocycles. The molecule has 2 fully saturated rings. The second-order valence-corrected chi connectivity index (χ2v) is 9.51. The maximum atomic E-state index is 13.3. The van der Waals surface area contributed by atoms with Crippen molar-refractivity contribution in [2.24, 2.45) is 11.3 Å². The van der Waals surface area contributed by atoms with Crippen LogP contribution in [0.1, 0.15) is 36.0 Å². The summed E-state index contributed by atoms with van der Waals surface area (Å²) in [5.74, 6) is 0.635. The van der Waals surface area contributed by atoms with Crippen LogP contribution in [0, 0.1) is 11.3 Å². The smallest absolute Gasteiger partial charge is 0.226 e. The first-order chi connectivity index (χ1) is 15.2. The summed E-state index contributed by atoms with van der Waals surface area (Å²) in [4.78, 5) is 26.9. The second kappa shape index (κ2) is 7.41. The summed E-state index contributed by atoms with van der Waals surface area (Å²) in [6.07, 6.45) is 7.85. The van der Waals surface area contributed by atoms with Crippen molar-refractivity contribution in [3.8, 4) is 0 Å². The monoisotopic (exact) mass is 412 g/mol. The molecule has 1 atom stereocenters. The van der Waals surface area contributed by atoms with E-state index < -0.39 is 0 Å². The summed E-state index contributed by atoms with van der Waals surface area (Å²) in [7, 11) is 0. The highest BCUT2D eigenvalue weighted by Gasteiger charge is 2.59. The minimum absolute atomic E-state index is 0.239. The van der Waals surface area contributed by atoms with Crippen LogP contribution in [0.3, 0.4) is 0 Å². The third-order valence-electron chi connectivity index (χ3n) is 7.76. The minimum Gasteiger partial charge on any atom is -0.338 e. The van der Waals surface area contributed by atoms with Crippen molar-refractivity contribution in [1.82, 2.24) is 19.8 Å². The third-order valence-corrected chi connectivity index (χ3v) is 7.76. The lowest BCUT2D eigenvalue weighted by atomic mass is 9.89. The summed E-state index contributed by atoms with van der Waals surface area (Å²) < 4.78 is 0. The van der Waals surface area contributed by atoms with Crippen LogP contribution in [-0.4, -0.2) is 45.3 Å². The van der Waals surface area contributed by atoms with Crippen LogP contribution in [0.5, 0.6) is 0 Å². The Morgan fingerprint density at radius 1 is 0.968 bits per heavy atom. The number of hydrogen-bond acceptors (Lipinski definition) is 4. The molecule has 2 aromatic carbocycles. The van der Waals surface area contributed by atoms with Gasteiger partial charge in [-0.2, -0.15) is 0 Å². The molecule has 5 nitrogen and oxygen atoms in total. The van der Waals surface area contributed by atoms with Crippen LogP contribution in [0.25, 0.3) is 11.0 Å². The largest absolute Gasteiger partial charge is 0.338 e. The van der Waals surface area contributed by atoms with Crippen LogP contribution < -0.4 is 0 Å².